The molecule has 1 heterocycles. The molecule has 1 aliphatic rings. The molecule has 2 N–H and O–H groups in total. The van der Waals surface area contributed by atoms with Crippen LogP contribution in [0.2, 0.25) is 0 Å². The Morgan fingerprint density at radius 3 is 2.70 bits per heavy atom. The van der Waals surface area contributed by atoms with Gasteiger partial charge in [-0.15, -0.1) is 0 Å². The van der Waals surface area contributed by atoms with E-state index in [1.165, 1.54) is 10.4 Å². The summed E-state index contributed by atoms with van der Waals surface area (Å²) in [4.78, 5) is 0.110. The molecule has 1 aromatic rings. The van der Waals surface area contributed by atoms with Crippen LogP contribution in [0.3, 0.4) is 0 Å². The SMILES string of the molecule is CC1(O)CCN(S(=O)(=O)c2ccccc2C#CCO)C1. The minimum atomic E-state index is -3.68. The molecule has 0 amide bonds. The largest absolute Gasteiger partial charge is 0.389 e. The Kier molecular flexibility index (Phi) is 4.16. The number of nitrogens with zero attached hydrogens (tertiary/aromatic N) is 1. The first kappa shape index (κ1) is 15.0. The topological polar surface area (TPSA) is 77.8 Å². The highest BCUT2D eigenvalue weighted by molar-refractivity contribution is 7.89. The summed E-state index contributed by atoms with van der Waals surface area (Å²) in [5, 5.41) is 18.7. The summed E-state index contributed by atoms with van der Waals surface area (Å²) in [6.45, 7) is 1.67. The van der Waals surface area contributed by atoms with E-state index in [2.05, 4.69) is 11.8 Å². The van der Waals surface area contributed by atoms with E-state index in [-0.39, 0.29) is 24.6 Å². The highest BCUT2D eigenvalue weighted by Crippen LogP contribution is 2.28. The van der Waals surface area contributed by atoms with Gasteiger partial charge in [0.25, 0.3) is 0 Å². The minimum Gasteiger partial charge on any atom is -0.389 e. The number of hydrogen-bond donors (Lipinski definition) is 2. The van der Waals surface area contributed by atoms with Gasteiger partial charge in [-0.25, -0.2) is 8.42 Å². The van der Waals surface area contributed by atoms with Crippen LogP contribution in [0, 0.1) is 11.8 Å². The third-order valence-electron chi connectivity index (χ3n) is 3.22. The van der Waals surface area contributed by atoms with E-state index in [1.807, 2.05) is 0 Å². The molecule has 1 unspecified atom stereocenters. The summed E-state index contributed by atoms with van der Waals surface area (Å²) in [6.07, 6.45) is 0.413. The predicted molar refractivity (Wildman–Crippen MR) is 74.4 cm³/mol. The molecule has 0 saturated carbocycles. The van der Waals surface area contributed by atoms with E-state index in [4.69, 9.17) is 5.11 Å². The van der Waals surface area contributed by atoms with Crippen LogP contribution in [-0.4, -0.2) is 48.2 Å². The van der Waals surface area contributed by atoms with E-state index in [1.54, 1.807) is 25.1 Å². The van der Waals surface area contributed by atoms with Gasteiger partial charge < -0.3 is 10.2 Å². The predicted octanol–water partition coefficient (Wildman–Crippen LogP) is 0.176. The highest BCUT2D eigenvalue weighted by Gasteiger charge is 2.39. The molecule has 0 radical (unpaired) electrons. The summed E-state index contributed by atoms with van der Waals surface area (Å²) >= 11 is 0. The van der Waals surface area contributed by atoms with Gasteiger partial charge in [-0.05, 0) is 25.5 Å². The fraction of sp³-hybridized carbons (Fsp3) is 0.429. The molecule has 108 valence electrons. The van der Waals surface area contributed by atoms with Crippen LogP contribution in [0.4, 0.5) is 0 Å². The molecule has 1 aliphatic heterocycles. The summed E-state index contributed by atoms with van der Waals surface area (Å²) in [5.41, 5.74) is -0.633. The maximum atomic E-state index is 12.6. The Bertz CT molecular complexity index is 655. The second kappa shape index (κ2) is 5.54. The maximum Gasteiger partial charge on any atom is 0.244 e. The van der Waals surface area contributed by atoms with Crippen LogP contribution in [0.1, 0.15) is 18.9 Å². The lowest BCUT2D eigenvalue weighted by Gasteiger charge is -2.19. The van der Waals surface area contributed by atoms with Crippen molar-refractivity contribution in [3.8, 4) is 11.8 Å². The van der Waals surface area contributed by atoms with Gasteiger partial charge in [0.05, 0.1) is 10.5 Å². The average molecular weight is 295 g/mol. The Morgan fingerprint density at radius 2 is 2.10 bits per heavy atom. The number of aliphatic hydroxyl groups excluding tert-OH is 1. The second-order valence-corrected chi connectivity index (χ2v) is 6.95. The molecule has 0 bridgehead atoms. The van der Waals surface area contributed by atoms with Gasteiger partial charge in [-0.3, -0.25) is 0 Å². The molecule has 1 fully saturated rings. The molecule has 20 heavy (non-hydrogen) atoms. The Morgan fingerprint density at radius 1 is 1.40 bits per heavy atom. The van der Waals surface area contributed by atoms with Gasteiger partial charge >= 0.3 is 0 Å². The molecule has 6 heteroatoms. The zero-order valence-corrected chi connectivity index (χ0v) is 12.0. The van der Waals surface area contributed by atoms with Crippen molar-refractivity contribution in [1.29, 1.82) is 0 Å². The van der Waals surface area contributed by atoms with Crippen molar-refractivity contribution in [1.82, 2.24) is 4.31 Å². The summed E-state index contributed by atoms with van der Waals surface area (Å²) < 4.78 is 26.5. The van der Waals surface area contributed by atoms with Crippen molar-refractivity contribution in [3.63, 3.8) is 0 Å². The number of aliphatic hydroxyl groups is 2. The standard InChI is InChI=1S/C14H17NO4S/c1-14(17)8-9-15(11-14)20(18,19)13-7-3-2-5-12(13)6-4-10-16/h2-3,5,7,16-17H,8-11H2,1H3. The number of sulfonamides is 1. The van der Waals surface area contributed by atoms with Crippen LogP contribution in [-0.2, 0) is 10.0 Å². The molecule has 2 rings (SSSR count). The van der Waals surface area contributed by atoms with Gasteiger partial charge in [0.15, 0.2) is 0 Å². The van der Waals surface area contributed by atoms with E-state index in [0.29, 0.717) is 12.0 Å². The Labute approximate surface area is 118 Å². The van der Waals surface area contributed by atoms with Gasteiger partial charge in [0.1, 0.15) is 6.61 Å². The van der Waals surface area contributed by atoms with E-state index >= 15 is 0 Å². The zero-order valence-electron chi connectivity index (χ0n) is 11.2. The summed E-state index contributed by atoms with van der Waals surface area (Å²) in [7, 11) is -3.68. The molecule has 0 aromatic heterocycles. The lowest BCUT2D eigenvalue weighted by atomic mass is 10.1. The molecule has 1 aromatic carbocycles. The number of benzene rings is 1. The third-order valence-corrected chi connectivity index (χ3v) is 5.13. The third kappa shape index (κ3) is 3.02. The number of hydrogen-bond acceptors (Lipinski definition) is 4. The Hall–Kier alpha value is -1.39. The normalized spacial score (nSPS) is 23.4. The van der Waals surface area contributed by atoms with Crippen LogP contribution in [0.25, 0.3) is 0 Å². The van der Waals surface area contributed by atoms with Crippen molar-refractivity contribution in [2.24, 2.45) is 0 Å². The molecule has 1 atom stereocenters. The lowest BCUT2D eigenvalue weighted by Crippen LogP contribution is -2.34. The van der Waals surface area contributed by atoms with Gasteiger partial charge in [-0.2, -0.15) is 4.31 Å². The number of rotatable bonds is 2. The molecular formula is C14H17NO4S. The fourth-order valence-electron chi connectivity index (χ4n) is 2.18. The first-order valence-electron chi connectivity index (χ1n) is 6.28. The average Bonchev–Trinajstić information content (AvgIpc) is 2.78. The Balaban J connectivity index is 2.40. The second-order valence-electron chi connectivity index (χ2n) is 5.04. The van der Waals surface area contributed by atoms with Crippen LogP contribution in [0.5, 0.6) is 0 Å². The van der Waals surface area contributed by atoms with E-state index < -0.39 is 15.6 Å². The smallest absolute Gasteiger partial charge is 0.244 e. The van der Waals surface area contributed by atoms with Crippen LogP contribution < -0.4 is 0 Å². The van der Waals surface area contributed by atoms with Crippen molar-refractivity contribution in [2.45, 2.75) is 23.8 Å². The summed E-state index contributed by atoms with van der Waals surface area (Å²) in [6, 6.07) is 6.42. The zero-order chi connectivity index (χ0) is 14.8. The van der Waals surface area contributed by atoms with Gasteiger partial charge in [0.2, 0.25) is 10.0 Å². The summed E-state index contributed by atoms with van der Waals surface area (Å²) in [5.74, 6) is 5.10. The van der Waals surface area contributed by atoms with Crippen LogP contribution >= 0.6 is 0 Å². The molecular weight excluding hydrogens is 278 g/mol. The van der Waals surface area contributed by atoms with Crippen molar-refractivity contribution in [2.75, 3.05) is 19.7 Å². The van der Waals surface area contributed by atoms with E-state index in [9.17, 15) is 13.5 Å². The van der Waals surface area contributed by atoms with Crippen molar-refractivity contribution >= 4 is 10.0 Å². The van der Waals surface area contributed by atoms with Gasteiger partial charge in [0, 0.05) is 18.7 Å². The molecule has 5 nitrogen and oxygen atoms in total. The monoisotopic (exact) mass is 295 g/mol. The van der Waals surface area contributed by atoms with Crippen molar-refractivity contribution < 1.29 is 18.6 Å². The first-order valence-corrected chi connectivity index (χ1v) is 7.72. The van der Waals surface area contributed by atoms with Crippen molar-refractivity contribution in [3.05, 3.63) is 29.8 Å². The number of β-amino-alcohol motifs (C(OH)–C–C–N with tert-alkyl or cyclic N) is 1. The lowest BCUT2D eigenvalue weighted by molar-refractivity contribution is 0.0762. The van der Waals surface area contributed by atoms with E-state index in [0.717, 1.165) is 0 Å². The molecule has 0 spiro atoms. The fourth-order valence-corrected chi connectivity index (χ4v) is 3.88. The minimum absolute atomic E-state index is 0.0805. The maximum absolute atomic E-state index is 12.6. The molecule has 1 saturated heterocycles. The highest BCUT2D eigenvalue weighted by atomic mass is 32.2. The quantitative estimate of drug-likeness (QED) is 0.763. The molecule has 0 aliphatic carbocycles. The first-order chi connectivity index (χ1) is 9.37. The van der Waals surface area contributed by atoms with Gasteiger partial charge in [-0.1, -0.05) is 24.0 Å². The van der Waals surface area contributed by atoms with Crippen LogP contribution in [0.15, 0.2) is 29.2 Å².